The van der Waals surface area contributed by atoms with Crippen molar-refractivity contribution in [2.24, 2.45) is 11.8 Å². The minimum atomic E-state index is -0.316. The molecule has 0 saturated carbocycles. The molecule has 2 atom stereocenters. The van der Waals surface area contributed by atoms with Crippen LogP contribution >= 0.6 is 39.5 Å². The van der Waals surface area contributed by atoms with Crippen molar-refractivity contribution in [3.05, 3.63) is 82.3 Å². The number of carbonyl (C=O) groups excluding carboxylic acids is 2. The summed E-state index contributed by atoms with van der Waals surface area (Å²) in [6.07, 6.45) is 9.62. The first-order chi connectivity index (χ1) is 24.6. The lowest BCUT2D eigenvalue weighted by Gasteiger charge is -2.14. The van der Waals surface area contributed by atoms with E-state index in [-0.39, 0.29) is 23.6 Å². The number of hydrogen-bond donors (Lipinski definition) is 0. The molecule has 3 rings (SSSR count). The van der Waals surface area contributed by atoms with Gasteiger partial charge in [-0.1, -0.05) is 84.4 Å². The zero-order valence-electron chi connectivity index (χ0n) is 30.4. The fourth-order valence-electron chi connectivity index (χ4n) is 4.98. The third kappa shape index (κ3) is 17.9. The first-order valence-corrected chi connectivity index (χ1v) is 20.7. The van der Waals surface area contributed by atoms with Gasteiger partial charge < -0.3 is 9.47 Å². The van der Waals surface area contributed by atoms with Crippen LogP contribution in [-0.4, -0.2) is 36.7 Å². The number of ether oxygens (including phenoxy) is 2. The van der Waals surface area contributed by atoms with E-state index in [1.165, 1.54) is 48.5 Å². The van der Waals surface area contributed by atoms with Crippen LogP contribution in [0, 0.1) is 34.8 Å². The molecule has 0 N–H and O–H groups in total. The van der Waals surface area contributed by atoms with Gasteiger partial charge in [-0.3, -0.25) is 9.59 Å². The van der Waals surface area contributed by atoms with Gasteiger partial charge in [0.2, 0.25) is 0 Å². The molecule has 51 heavy (non-hydrogen) atoms. The SMILES string of the molecule is CCCCC(CC)COC(=O)CCSc1ccc(-c2ccc(C#N)cc2)c(F)c1.CCCCC(CC)COC(=O)CCSc1ccc(Br)c(F)c1. The van der Waals surface area contributed by atoms with Gasteiger partial charge in [-0.15, -0.1) is 23.5 Å². The molecule has 0 amide bonds. The second kappa shape index (κ2) is 26.0. The third-order valence-electron chi connectivity index (χ3n) is 8.35. The van der Waals surface area contributed by atoms with Gasteiger partial charge in [0.25, 0.3) is 0 Å². The maximum Gasteiger partial charge on any atom is 0.306 e. The Bertz CT molecular complexity index is 1520. The number of nitrogens with zero attached hydrogens (tertiary/aromatic N) is 1. The summed E-state index contributed by atoms with van der Waals surface area (Å²) in [7, 11) is 0. The van der Waals surface area contributed by atoms with Gasteiger partial charge in [0.15, 0.2) is 0 Å². The normalized spacial score (nSPS) is 11.9. The van der Waals surface area contributed by atoms with Crippen molar-refractivity contribution in [2.45, 2.75) is 102 Å². The maximum absolute atomic E-state index is 14.5. The van der Waals surface area contributed by atoms with Crippen molar-refractivity contribution < 1.29 is 27.8 Å². The number of hydrogen-bond acceptors (Lipinski definition) is 7. The molecule has 0 saturated heterocycles. The minimum absolute atomic E-state index is 0.167. The summed E-state index contributed by atoms with van der Waals surface area (Å²) in [6.45, 7) is 9.60. The molecule has 10 heteroatoms. The van der Waals surface area contributed by atoms with Crippen LogP contribution in [0.15, 0.2) is 74.9 Å². The van der Waals surface area contributed by atoms with Crippen LogP contribution in [0.5, 0.6) is 0 Å². The van der Waals surface area contributed by atoms with E-state index in [1.807, 2.05) is 12.1 Å². The van der Waals surface area contributed by atoms with E-state index in [1.54, 1.807) is 36.4 Å². The molecule has 0 radical (unpaired) electrons. The number of carbonyl (C=O) groups is 2. The van der Waals surface area contributed by atoms with E-state index >= 15 is 0 Å². The van der Waals surface area contributed by atoms with Crippen molar-refractivity contribution in [2.75, 3.05) is 24.7 Å². The molecule has 3 aromatic rings. The van der Waals surface area contributed by atoms with Gasteiger partial charge >= 0.3 is 11.9 Å². The predicted molar refractivity (Wildman–Crippen MR) is 210 cm³/mol. The highest BCUT2D eigenvalue weighted by atomic mass is 79.9. The Morgan fingerprint density at radius 1 is 0.745 bits per heavy atom. The van der Waals surface area contributed by atoms with Gasteiger partial charge in [0, 0.05) is 26.9 Å². The highest BCUT2D eigenvalue weighted by Crippen LogP contribution is 2.28. The van der Waals surface area contributed by atoms with E-state index in [0.29, 0.717) is 65.0 Å². The number of esters is 2. The molecule has 0 fully saturated rings. The number of nitriles is 1. The van der Waals surface area contributed by atoms with Crippen molar-refractivity contribution in [1.82, 2.24) is 0 Å². The lowest BCUT2D eigenvalue weighted by atomic mass is 10.0. The molecule has 5 nitrogen and oxygen atoms in total. The van der Waals surface area contributed by atoms with Gasteiger partial charge in [0.1, 0.15) is 11.6 Å². The van der Waals surface area contributed by atoms with Gasteiger partial charge in [-0.25, -0.2) is 8.78 Å². The van der Waals surface area contributed by atoms with Crippen LogP contribution in [-0.2, 0) is 19.1 Å². The van der Waals surface area contributed by atoms with Crippen LogP contribution < -0.4 is 0 Å². The number of halogens is 3. The standard InChI is InChI=1S/C24H28FNO2S.C17H24BrFO2S/c1-3-5-6-18(4-2)17-28-24(27)13-14-29-21-11-12-22(23(25)15-21)20-9-7-19(16-26)8-10-20;1-3-5-6-13(4-2)12-21-17(20)9-10-22-14-7-8-15(18)16(19)11-14/h7-12,15,18H,3-6,13-14,17H2,1-2H3;7-8,11,13H,3-6,9-10,12H2,1-2H3. The van der Waals surface area contributed by atoms with E-state index in [4.69, 9.17) is 14.7 Å². The van der Waals surface area contributed by atoms with Crippen LogP contribution in [0.25, 0.3) is 11.1 Å². The topological polar surface area (TPSA) is 76.4 Å². The summed E-state index contributed by atoms with van der Waals surface area (Å²) in [5, 5.41) is 8.86. The van der Waals surface area contributed by atoms with Gasteiger partial charge in [-0.05, 0) is 88.6 Å². The first kappa shape index (κ1) is 44.3. The van der Waals surface area contributed by atoms with E-state index in [0.717, 1.165) is 53.9 Å². The highest BCUT2D eigenvalue weighted by molar-refractivity contribution is 9.10. The fourth-order valence-corrected chi connectivity index (χ4v) is 6.93. The van der Waals surface area contributed by atoms with Crippen LogP contribution in [0.4, 0.5) is 8.78 Å². The molecular formula is C41H52BrF2NO4S2. The summed E-state index contributed by atoms with van der Waals surface area (Å²) in [5.74, 6) is 1.11. The molecule has 3 aromatic carbocycles. The summed E-state index contributed by atoms with van der Waals surface area (Å²) >= 11 is 6.03. The Labute approximate surface area is 320 Å². The second-order valence-corrected chi connectivity index (χ2v) is 15.5. The molecule has 0 heterocycles. The van der Waals surface area contributed by atoms with Crippen molar-refractivity contribution in [3.63, 3.8) is 0 Å². The smallest absolute Gasteiger partial charge is 0.306 e. The predicted octanol–water partition coefficient (Wildman–Crippen LogP) is 12.4. The Morgan fingerprint density at radius 3 is 1.67 bits per heavy atom. The summed E-state index contributed by atoms with van der Waals surface area (Å²) in [4.78, 5) is 25.3. The fraction of sp³-hybridized carbons (Fsp3) is 0.488. The second-order valence-electron chi connectivity index (χ2n) is 12.3. The Hall–Kier alpha value is -2.87. The molecule has 0 spiro atoms. The average Bonchev–Trinajstić information content (AvgIpc) is 3.13. The Kier molecular flexibility index (Phi) is 22.6. The molecule has 0 bridgehead atoms. The Morgan fingerprint density at radius 2 is 1.24 bits per heavy atom. The van der Waals surface area contributed by atoms with E-state index < -0.39 is 0 Å². The van der Waals surface area contributed by atoms with Crippen molar-refractivity contribution >= 4 is 51.4 Å². The summed E-state index contributed by atoms with van der Waals surface area (Å²) in [6, 6.07) is 18.9. The summed E-state index contributed by atoms with van der Waals surface area (Å²) in [5.41, 5.74) is 1.77. The van der Waals surface area contributed by atoms with E-state index in [9.17, 15) is 18.4 Å². The van der Waals surface area contributed by atoms with Gasteiger partial charge in [0.05, 0.1) is 42.2 Å². The number of rotatable bonds is 21. The zero-order valence-corrected chi connectivity index (χ0v) is 33.6. The molecule has 0 aliphatic heterocycles. The highest BCUT2D eigenvalue weighted by Gasteiger charge is 2.13. The van der Waals surface area contributed by atoms with Crippen LogP contribution in [0.2, 0.25) is 0 Å². The zero-order chi connectivity index (χ0) is 37.4. The van der Waals surface area contributed by atoms with Crippen LogP contribution in [0.3, 0.4) is 0 Å². The quantitative estimate of drug-likeness (QED) is 0.0784. The molecule has 0 aliphatic carbocycles. The monoisotopic (exact) mass is 803 g/mol. The van der Waals surface area contributed by atoms with E-state index in [2.05, 4.69) is 49.7 Å². The Balaban J connectivity index is 0.000000368. The largest absolute Gasteiger partial charge is 0.465 e. The number of unbranched alkanes of at least 4 members (excludes halogenated alkanes) is 2. The third-order valence-corrected chi connectivity index (χ3v) is 11.0. The van der Waals surface area contributed by atoms with Crippen molar-refractivity contribution in [3.8, 4) is 17.2 Å². The number of benzene rings is 3. The summed E-state index contributed by atoms with van der Waals surface area (Å²) < 4.78 is 39.0. The molecule has 2 unspecified atom stereocenters. The maximum atomic E-state index is 14.5. The van der Waals surface area contributed by atoms with Crippen molar-refractivity contribution in [1.29, 1.82) is 5.26 Å². The lowest BCUT2D eigenvalue weighted by molar-refractivity contribution is -0.145. The average molecular weight is 805 g/mol. The molecule has 0 aromatic heterocycles. The molecule has 278 valence electrons. The van der Waals surface area contributed by atoms with Gasteiger partial charge in [-0.2, -0.15) is 5.26 Å². The molecule has 0 aliphatic rings. The minimum Gasteiger partial charge on any atom is -0.465 e. The number of thioether (sulfide) groups is 2. The first-order valence-electron chi connectivity index (χ1n) is 18.0. The molecular weight excluding hydrogens is 752 g/mol. The van der Waals surface area contributed by atoms with Crippen LogP contribution in [0.1, 0.15) is 97.5 Å². The lowest BCUT2D eigenvalue weighted by Crippen LogP contribution is -2.14.